The van der Waals surface area contributed by atoms with Crippen molar-refractivity contribution in [1.82, 2.24) is 19.9 Å². The standard InChI is InChI=1S/C12H12N6/c1-6-2-4-7(5-3-6)10-15-8-9(13)16-12(14)18-11(8)17-10/h2-5H,1H3,(H5,13,14,15,16,17,18). The van der Waals surface area contributed by atoms with Gasteiger partial charge in [0.05, 0.1) is 0 Å². The minimum Gasteiger partial charge on any atom is -0.382 e. The van der Waals surface area contributed by atoms with E-state index >= 15 is 0 Å². The molecular weight excluding hydrogens is 228 g/mol. The molecule has 1 aromatic carbocycles. The molecule has 5 N–H and O–H groups in total. The number of imidazole rings is 1. The topological polar surface area (TPSA) is 106 Å². The van der Waals surface area contributed by atoms with E-state index in [0.717, 1.165) is 5.56 Å². The highest BCUT2D eigenvalue weighted by atomic mass is 15.1. The molecule has 0 saturated carbocycles. The van der Waals surface area contributed by atoms with E-state index in [1.165, 1.54) is 5.56 Å². The fourth-order valence-electron chi connectivity index (χ4n) is 1.79. The number of aromatic amines is 1. The van der Waals surface area contributed by atoms with E-state index in [0.29, 0.717) is 17.0 Å². The summed E-state index contributed by atoms with van der Waals surface area (Å²) in [7, 11) is 0. The van der Waals surface area contributed by atoms with Crippen LogP contribution in [0.5, 0.6) is 0 Å². The van der Waals surface area contributed by atoms with Crippen LogP contribution in [0.4, 0.5) is 11.8 Å². The molecule has 2 heterocycles. The molecule has 0 amide bonds. The van der Waals surface area contributed by atoms with Crippen molar-refractivity contribution in [3.63, 3.8) is 0 Å². The van der Waals surface area contributed by atoms with Gasteiger partial charge in [-0.1, -0.05) is 29.8 Å². The van der Waals surface area contributed by atoms with E-state index in [-0.39, 0.29) is 11.8 Å². The van der Waals surface area contributed by atoms with Crippen molar-refractivity contribution in [2.75, 3.05) is 11.5 Å². The number of nitrogens with two attached hydrogens (primary N) is 2. The first-order chi connectivity index (χ1) is 8.63. The Morgan fingerprint density at radius 2 is 1.72 bits per heavy atom. The normalized spacial score (nSPS) is 10.9. The molecular formula is C12H12N6. The maximum Gasteiger partial charge on any atom is 0.224 e. The first-order valence-electron chi connectivity index (χ1n) is 5.49. The van der Waals surface area contributed by atoms with Gasteiger partial charge in [-0.2, -0.15) is 9.97 Å². The number of nitrogens with one attached hydrogen (secondary N) is 1. The molecule has 18 heavy (non-hydrogen) atoms. The number of aromatic nitrogens is 4. The van der Waals surface area contributed by atoms with Crippen molar-refractivity contribution in [3.8, 4) is 11.4 Å². The fourth-order valence-corrected chi connectivity index (χ4v) is 1.79. The zero-order valence-electron chi connectivity index (χ0n) is 9.81. The summed E-state index contributed by atoms with van der Waals surface area (Å²) in [5.74, 6) is 1.13. The predicted molar refractivity (Wildman–Crippen MR) is 70.7 cm³/mol. The van der Waals surface area contributed by atoms with Gasteiger partial charge in [-0.25, -0.2) is 4.98 Å². The molecule has 3 aromatic rings. The molecule has 3 rings (SSSR count). The molecule has 0 radical (unpaired) electrons. The number of H-pyrrole nitrogens is 1. The van der Waals surface area contributed by atoms with Crippen molar-refractivity contribution >= 4 is 22.9 Å². The molecule has 0 aliphatic carbocycles. The van der Waals surface area contributed by atoms with Gasteiger partial charge in [0, 0.05) is 5.56 Å². The minimum atomic E-state index is 0.138. The van der Waals surface area contributed by atoms with E-state index in [9.17, 15) is 0 Å². The summed E-state index contributed by atoms with van der Waals surface area (Å²) in [5.41, 5.74) is 14.6. The Morgan fingerprint density at radius 3 is 2.44 bits per heavy atom. The summed E-state index contributed by atoms with van der Waals surface area (Å²) < 4.78 is 0. The van der Waals surface area contributed by atoms with Crippen molar-refractivity contribution < 1.29 is 0 Å². The Kier molecular flexibility index (Phi) is 2.16. The van der Waals surface area contributed by atoms with Crippen LogP contribution in [-0.4, -0.2) is 19.9 Å². The predicted octanol–water partition coefficient (Wildman–Crippen LogP) is 1.49. The number of nitrogen functional groups attached to an aromatic ring is 2. The van der Waals surface area contributed by atoms with E-state index in [2.05, 4.69) is 19.9 Å². The van der Waals surface area contributed by atoms with E-state index in [1.54, 1.807) is 0 Å². The average Bonchev–Trinajstić information content (AvgIpc) is 2.74. The third-order valence-electron chi connectivity index (χ3n) is 2.71. The van der Waals surface area contributed by atoms with E-state index in [1.807, 2.05) is 31.2 Å². The summed E-state index contributed by atoms with van der Waals surface area (Å²) in [6, 6.07) is 8.01. The molecule has 6 heteroatoms. The Labute approximate surface area is 103 Å². The number of nitrogens with zero attached hydrogens (tertiary/aromatic N) is 3. The third kappa shape index (κ3) is 1.64. The number of hydrogen-bond acceptors (Lipinski definition) is 5. The van der Waals surface area contributed by atoms with Gasteiger partial charge in [0.2, 0.25) is 5.95 Å². The Morgan fingerprint density at radius 1 is 1.00 bits per heavy atom. The highest BCUT2D eigenvalue weighted by Crippen LogP contribution is 2.22. The molecule has 90 valence electrons. The van der Waals surface area contributed by atoms with Crippen LogP contribution < -0.4 is 11.5 Å². The first-order valence-corrected chi connectivity index (χ1v) is 5.49. The summed E-state index contributed by atoms with van der Waals surface area (Å²) in [5, 5.41) is 0. The summed E-state index contributed by atoms with van der Waals surface area (Å²) in [6.45, 7) is 2.03. The zero-order chi connectivity index (χ0) is 12.7. The smallest absolute Gasteiger partial charge is 0.224 e. The Bertz CT molecular complexity index is 713. The first kappa shape index (κ1) is 10.5. The monoisotopic (exact) mass is 240 g/mol. The van der Waals surface area contributed by atoms with Crippen molar-refractivity contribution in [2.24, 2.45) is 0 Å². The molecule has 0 unspecified atom stereocenters. The SMILES string of the molecule is Cc1ccc(-c2nc3c(N)nc(N)nc3[nH]2)cc1. The zero-order valence-corrected chi connectivity index (χ0v) is 9.81. The van der Waals surface area contributed by atoms with Gasteiger partial charge in [-0.05, 0) is 6.92 Å². The van der Waals surface area contributed by atoms with Crippen LogP contribution in [0.15, 0.2) is 24.3 Å². The second-order valence-electron chi connectivity index (χ2n) is 4.12. The quantitative estimate of drug-likeness (QED) is 0.597. The highest BCUT2D eigenvalue weighted by Gasteiger charge is 2.10. The van der Waals surface area contributed by atoms with Crippen molar-refractivity contribution in [2.45, 2.75) is 6.92 Å². The average molecular weight is 240 g/mol. The number of anilines is 2. The van der Waals surface area contributed by atoms with E-state index < -0.39 is 0 Å². The summed E-state index contributed by atoms with van der Waals surface area (Å²) >= 11 is 0. The van der Waals surface area contributed by atoms with Crippen LogP contribution in [0.2, 0.25) is 0 Å². The Hall–Kier alpha value is -2.63. The van der Waals surface area contributed by atoms with Crippen molar-refractivity contribution in [3.05, 3.63) is 29.8 Å². The lowest BCUT2D eigenvalue weighted by Crippen LogP contribution is -1.99. The molecule has 2 aromatic heterocycles. The number of aryl methyl sites for hydroxylation is 1. The third-order valence-corrected chi connectivity index (χ3v) is 2.71. The number of benzene rings is 1. The van der Waals surface area contributed by atoms with Gasteiger partial charge in [0.15, 0.2) is 17.0 Å². The lowest BCUT2D eigenvalue weighted by molar-refractivity contribution is 1.22. The van der Waals surface area contributed by atoms with Gasteiger partial charge < -0.3 is 16.5 Å². The number of rotatable bonds is 1. The fraction of sp³-hybridized carbons (Fsp3) is 0.0833. The molecule has 0 bridgehead atoms. The molecule has 6 nitrogen and oxygen atoms in total. The number of hydrogen-bond donors (Lipinski definition) is 3. The van der Waals surface area contributed by atoms with Crippen LogP contribution in [0.1, 0.15) is 5.56 Å². The Balaban J connectivity index is 2.19. The largest absolute Gasteiger partial charge is 0.382 e. The molecule has 0 spiro atoms. The van der Waals surface area contributed by atoms with Crippen LogP contribution in [0.3, 0.4) is 0 Å². The molecule has 0 aliphatic rings. The second kappa shape index (κ2) is 3.69. The molecule has 0 atom stereocenters. The van der Waals surface area contributed by atoms with E-state index in [4.69, 9.17) is 11.5 Å². The second-order valence-corrected chi connectivity index (χ2v) is 4.12. The van der Waals surface area contributed by atoms with Crippen LogP contribution in [-0.2, 0) is 0 Å². The number of fused-ring (bicyclic) bond motifs is 1. The van der Waals surface area contributed by atoms with Crippen LogP contribution >= 0.6 is 0 Å². The lowest BCUT2D eigenvalue weighted by atomic mass is 10.1. The van der Waals surface area contributed by atoms with Gasteiger partial charge in [0.1, 0.15) is 5.82 Å². The van der Waals surface area contributed by atoms with Gasteiger partial charge >= 0.3 is 0 Å². The molecule has 0 fully saturated rings. The van der Waals surface area contributed by atoms with Crippen LogP contribution in [0, 0.1) is 6.92 Å². The van der Waals surface area contributed by atoms with Crippen LogP contribution in [0.25, 0.3) is 22.6 Å². The van der Waals surface area contributed by atoms with Crippen molar-refractivity contribution in [1.29, 1.82) is 0 Å². The van der Waals surface area contributed by atoms with Gasteiger partial charge in [0.25, 0.3) is 0 Å². The summed E-state index contributed by atoms with van der Waals surface area (Å²) in [4.78, 5) is 15.4. The van der Waals surface area contributed by atoms with Gasteiger partial charge in [-0.15, -0.1) is 0 Å². The van der Waals surface area contributed by atoms with Gasteiger partial charge in [-0.3, -0.25) is 0 Å². The highest BCUT2D eigenvalue weighted by molar-refractivity contribution is 5.85. The molecule has 0 aliphatic heterocycles. The maximum atomic E-state index is 5.76. The lowest BCUT2D eigenvalue weighted by Gasteiger charge is -1.96. The molecule has 0 saturated heterocycles. The minimum absolute atomic E-state index is 0.138. The maximum absolute atomic E-state index is 5.76. The summed E-state index contributed by atoms with van der Waals surface area (Å²) in [6.07, 6.45) is 0.